The summed E-state index contributed by atoms with van der Waals surface area (Å²) >= 11 is 0. The summed E-state index contributed by atoms with van der Waals surface area (Å²) in [7, 11) is 1.89. The van der Waals surface area contributed by atoms with E-state index < -0.39 is 0 Å². The Hall–Kier alpha value is -2.19. The first-order valence-electron chi connectivity index (χ1n) is 15.0. The lowest BCUT2D eigenvalue weighted by Gasteiger charge is -2.33. The number of rotatable bonds is 6. The molecule has 0 atom stereocenters. The number of anilines is 1. The van der Waals surface area contributed by atoms with Gasteiger partial charge in [-0.2, -0.15) is 5.10 Å². The van der Waals surface area contributed by atoms with Crippen molar-refractivity contribution in [2.75, 3.05) is 57.3 Å². The van der Waals surface area contributed by atoms with Gasteiger partial charge in [-0.3, -0.25) is 4.79 Å². The Morgan fingerprint density at radius 1 is 0.838 bits per heavy atom. The number of likely N-dealkylation sites (tertiary alicyclic amines) is 2. The molecular weight excluding hydrogens is 462 g/mol. The average Bonchev–Trinajstić information content (AvgIpc) is 3.49. The predicted octanol–water partition coefficient (Wildman–Crippen LogP) is 4.69. The molecule has 37 heavy (non-hydrogen) atoms. The van der Waals surface area contributed by atoms with Crippen molar-refractivity contribution in [2.45, 2.75) is 85.1 Å². The molecule has 3 aliphatic rings. The molecule has 3 saturated heterocycles. The van der Waals surface area contributed by atoms with Crippen LogP contribution in [0.4, 0.5) is 5.82 Å². The largest absolute Gasteiger partial charge is 0.357 e. The molecule has 0 unspecified atom stereocenters. The van der Waals surface area contributed by atoms with Gasteiger partial charge in [-0.1, -0.05) is 40.5 Å². The van der Waals surface area contributed by atoms with Crippen LogP contribution in [-0.2, 0) is 7.05 Å². The van der Waals surface area contributed by atoms with Gasteiger partial charge < -0.3 is 20.0 Å². The van der Waals surface area contributed by atoms with Crippen molar-refractivity contribution in [3.05, 3.63) is 17.8 Å². The Morgan fingerprint density at radius 3 is 2.03 bits per heavy atom. The highest BCUT2D eigenvalue weighted by Crippen LogP contribution is 2.23. The smallest absolute Gasteiger partial charge is 0.272 e. The standard InChI is InChI=1S/C25H39N7O.2C2H6/c1-29-24-21(8-9-22(27-24)32-14-4-2-3-5-15-32)23(28-29)25(33)26-20-10-16-31(17-11-20)19-18-30-12-6-7-13-30;2*1-2/h8-9,20H,2-7,10-19H2,1H3,(H,26,33);2*1-2H3. The highest BCUT2D eigenvalue weighted by Gasteiger charge is 2.25. The number of aryl methyl sites for hydroxylation is 1. The second kappa shape index (κ2) is 15.3. The van der Waals surface area contributed by atoms with Crippen LogP contribution in [0.15, 0.2) is 12.1 Å². The molecule has 0 bridgehead atoms. The Balaban J connectivity index is 0.000000907. The number of nitrogens with zero attached hydrogens (tertiary/aromatic N) is 6. The molecule has 1 amide bonds. The summed E-state index contributed by atoms with van der Waals surface area (Å²) in [6, 6.07) is 4.32. The van der Waals surface area contributed by atoms with Crippen LogP contribution in [0, 0.1) is 0 Å². The van der Waals surface area contributed by atoms with Crippen LogP contribution in [-0.4, -0.2) is 88.9 Å². The minimum Gasteiger partial charge on any atom is -0.357 e. The number of amides is 1. The van der Waals surface area contributed by atoms with Crippen LogP contribution in [0.1, 0.15) is 89.5 Å². The first kappa shape index (κ1) is 29.4. The van der Waals surface area contributed by atoms with E-state index in [0.29, 0.717) is 5.69 Å². The number of fused-ring (bicyclic) bond motifs is 1. The zero-order valence-electron chi connectivity index (χ0n) is 24.1. The van der Waals surface area contributed by atoms with Gasteiger partial charge in [-0.25, -0.2) is 9.67 Å². The molecule has 0 saturated carbocycles. The third kappa shape index (κ3) is 7.90. The normalized spacial score (nSPS) is 19.5. The third-order valence-corrected chi connectivity index (χ3v) is 7.67. The molecule has 208 valence electrons. The minimum absolute atomic E-state index is 0.0690. The maximum atomic E-state index is 13.1. The molecule has 5 rings (SSSR count). The Labute approximate surface area is 224 Å². The summed E-state index contributed by atoms with van der Waals surface area (Å²) in [5.74, 6) is 0.932. The van der Waals surface area contributed by atoms with Crippen molar-refractivity contribution >= 4 is 22.8 Å². The van der Waals surface area contributed by atoms with Crippen LogP contribution in [0.25, 0.3) is 11.0 Å². The van der Waals surface area contributed by atoms with Gasteiger partial charge >= 0.3 is 0 Å². The molecule has 8 nitrogen and oxygen atoms in total. The number of piperidine rings is 1. The molecular formula is C29H51N7O. The van der Waals surface area contributed by atoms with Gasteiger partial charge in [0.25, 0.3) is 5.91 Å². The summed E-state index contributed by atoms with van der Waals surface area (Å²) in [5.41, 5.74) is 1.29. The summed E-state index contributed by atoms with van der Waals surface area (Å²) in [5, 5.41) is 8.65. The van der Waals surface area contributed by atoms with Crippen LogP contribution < -0.4 is 10.2 Å². The Kier molecular flexibility index (Phi) is 12.1. The van der Waals surface area contributed by atoms with Gasteiger partial charge in [-0.05, 0) is 63.7 Å². The number of hydrogen-bond acceptors (Lipinski definition) is 6. The molecule has 8 heteroatoms. The maximum absolute atomic E-state index is 13.1. The fourth-order valence-electron chi connectivity index (χ4n) is 5.61. The quantitative estimate of drug-likeness (QED) is 0.604. The molecule has 5 heterocycles. The van der Waals surface area contributed by atoms with E-state index in [9.17, 15) is 4.79 Å². The average molecular weight is 514 g/mol. The Morgan fingerprint density at radius 2 is 1.41 bits per heavy atom. The summed E-state index contributed by atoms with van der Waals surface area (Å²) in [6.45, 7) is 17.1. The second-order valence-electron chi connectivity index (χ2n) is 10.1. The van der Waals surface area contributed by atoms with E-state index >= 15 is 0 Å². The van der Waals surface area contributed by atoms with E-state index in [4.69, 9.17) is 4.98 Å². The molecule has 2 aromatic rings. The van der Waals surface area contributed by atoms with Gasteiger partial charge in [0.15, 0.2) is 11.3 Å². The monoisotopic (exact) mass is 513 g/mol. The van der Waals surface area contributed by atoms with Gasteiger partial charge in [0.1, 0.15) is 5.82 Å². The van der Waals surface area contributed by atoms with E-state index in [-0.39, 0.29) is 11.9 Å². The topological polar surface area (TPSA) is 69.5 Å². The van der Waals surface area contributed by atoms with Crippen molar-refractivity contribution in [2.24, 2.45) is 7.05 Å². The van der Waals surface area contributed by atoms with E-state index in [0.717, 1.165) is 62.4 Å². The fourth-order valence-corrected chi connectivity index (χ4v) is 5.61. The lowest BCUT2D eigenvalue weighted by Crippen LogP contribution is -2.46. The molecule has 1 N–H and O–H groups in total. The van der Waals surface area contributed by atoms with Crippen molar-refractivity contribution in [3.8, 4) is 0 Å². The summed E-state index contributed by atoms with van der Waals surface area (Å²) in [6.07, 6.45) is 9.75. The molecule has 3 fully saturated rings. The minimum atomic E-state index is -0.0690. The zero-order valence-corrected chi connectivity index (χ0v) is 24.1. The zero-order chi connectivity index (χ0) is 26.6. The third-order valence-electron chi connectivity index (χ3n) is 7.67. The van der Waals surface area contributed by atoms with E-state index in [2.05, 4.69) is 31.2 Å². The van der Waals surface area contributed by atoms with Gasteiger partial charge in [0.05, 0.1) is 5.39 Å². The molecule has 0 aromatic carbocycles. The number of nitrogens with one attached hydrogen (secondary N) is 1. The summed E-state index contributed by atoms with van der Waals surface area (Å²) in [4.78, 5) is 25.5. The van der Waals surface area contributed by atoms with Crippen LogP contribution in [0.5, 0.6) is 0 Å². The number of aromatic nitrogens is 3. The number of pyridine rings is 1. The number of carbonyl (C=O) groups excluding carboxylic acids is 1. The van der Waals surface area contributed by atoms with Crippen molar-refractivity contribution in [1.82, 2.24) is 29.9 Å². The van der Waals surface area contributed by atoms with Crippen molar-refractivity contribution in [3.63, 3.8) is 0 Å². The first-order chi connectivity index (χ1) is 18.2. The number of carbonyl (C=O) groups is 1. The van der Waals surface area contributed by atoms with Gasteiger partial charge in [0.2, 0.25) is 0 Å². The summed E-state index contributed by atoms with van der Waals surface area (Å²) < 4.78 is 1.76. The highest BCUT2D eigenvalue weighted by atomic mass is 16.2. The maximum Gasteiger partial charge on any atom is 0.272 e. The van der Waals surface area contributed by atoms with Crippen LogP contribution >= 0.6 is 0 Å². The second-order valence-corrected chi connectivity index (χ2v) is 10.1. The van der Waals surface area contributed by atoms with E-state index in [1.807, 2.05) is 40.8 Å². The SMILES string of the molecule is CC.CC.Cn1nc(C(=O)NC2CCN(CCN3CCCC3)CC2)c2ccc(N3CCCCCC3)nc21. The van der Waals surface area contributed by atoms with Crippen molar-refractivity contribution in [1.29, 1.82) is 0 Å². The predicted molar refractivity (Wildman–Crippen MR) is 154 cm³/mol. The van der Waals surface area contributed by atoms with E-state index in [1.54, 1.807) is 4.68 Å². The fraction of sp³-hybridized carbons (Fsp3) is 0.759. The van der Waals surface area contributed by atoms with Crippen molar-refractivity contribution < 1.29 is 4.79 Å². The highest BCUT2D eigenvalue weighted by molar-refractivity contribution is 6.04. The van der Waals surface area contributed by atoms with Gasteiger partial charge in [0, 0.05) is 52.4 Å². The molecule has 0 aliphatic carbocycles. The first-order valence-corrected chi connectivity index (χ1v) is 15.0. The number of hydrogen-bond donors (Lipinski definition) is 1. The van der Waals surface area contributed by atoms with Crippen LogP contribution in [0.3, 0.4) is 0 Å². The lowest BCUT2D eigenvalue weighted by atomic mass is 10.0. The molecule has 0 spiro atoms. The molecule has 3 aliphatic heterocycles. The lowest BCUT2D eigenvalue weighted by molar-refractivity contribution is 0.0904. The van der Waals surface area contributed by atoms with Gasteiger partial charge in [-0.15, -0.1) is 0 Å². The Bertz CT molecular complexity index is 937. The molecule has 0 radical (unpaired) electrons. The van der Waals surface area contributed by atoms with E-state index in [1.165, 1.54) is 58.2 Å². The molecule has 2 aromatic heterocycles. The van der Waals surface area contributed by atoms with Crippen LogP contribution in [0.2, 0.25) is 0 Å².